The number of benzene rings is 2. The van der Waals surface area contributed by atoms with Crippen LogP contribution in [0.25, 0.3) is 17.1 Å². The van der Waals surface area contributed by atoms with E-state index in [9.17, 15) is 4.79 Å². The van der Waals surface area contributed by atoms with E-state index in [1.165, 1.54) is 11.8 Å². The lowest BCUT2D eigenvalue weighted by Gasteiger charge is -2.16. The number of thioether (sulfide) groups is 1. The summed E-state index contributed by atoms with van der Waals surface area (Å²) in [5, 5.41) is 10.0. The highest BCUT2D eigenvalue weighted by Crippen LogP contribution is 2.29. The van der Waals surface area contributed by atoms with Gasteiger partial charge in [-0.2, -0.15) is 0 Å². The number of nitrogens with zero attached hydrogens (tertiary/aromatic N) is 4. The van der Waals surface area contributed by atoms with Gasteiger partial charge < -0.3 is 14.1 Å². The molecule has 0 N–H and O–H groups in total. The first-order valence-electron chi connectivity index (χ1n) is 9.80. The van der Waals surface area contributed by atoms with Gasteiger partial charge in [0.05, 0.1) is 25.7 Å². The van der Waals surface area contributed by atoms with Crippen LogP contribution < -0.4 is 4.74 Å². The SMILES string of the molecule is COc1ccc(-n2c(SCC(=O)N(C)Cc3ccco3)nnc2-c2ccc(Cl)cc2)cc1. The maximum Gasteiger partial charge on any atom is 0.233 e. The third-order valence-corrected chi connectivity index (χ3v) is 5.96. The maximum absolute atomic E-state index is 12.7. The molecule has 7 nitrogen and oxygen atoms in total. The van der Waals surface area contributed by atoms with Crippen molar-refractivity contribution in [3.63, 3.8) is 0 Å². The number of hydrogen-bond donors (Lipinski definition) is 0. The molecule has 0 radical (unpaired) electrons. The van der Waals surface area contributed by atoms with E-state index in [4.69, 9.17) is 20.8 Å². The van der Waals surface area contributed by atoms with Crippen LogP contribution in [-0.2, 0) is 11.3 Å². The van der Waals surface area contributed by atoms with Crippen molar-refractivity contribution >= 4 is 29.3 Å². The number of methoxy groups -OCH3 is 1. The minimum atomic E-state index is -0.0382. The molecule has 1 amide bonds. The van der Waals surface area contributed by atoms with Crippen LogP contribution in [0.3, 0.4) is 0 Å². The Hall–Kier alpha value is -3.23. The fourth-order valence-electron chi connectivity index (χ4n) is 3.07. The van der Waals surface area contributed by atoms with Crippen molar-refractivity contribution in [2.45, 2.75) is 11.7 Å². The van der Waals surface area contributed by atoms with Crippen LogP contribution >= 0.6 is 23.4 Å². The van der Waals surface area contributed by atoms with E-state index < -0.39 is 0 Å². The fourth-order valence-corrected chi connectivity index (χ4v) is 4.09. The smallest absolute Gasteiger partial charge is 0.233 e. The van der Waals surface area contributed by atoms with Crippen LogP contribution in [0.4, 0.5) is 0 Å². The van der Waals surface area contributed by atoms with E-state index in [0.717, 1.165) is 22.8 Å². The topological polar surface area (TPSA) is 73.4 Å². The summed E-state index contributed by atoms with van der Waals surface area (Å²) in [6.07, 6.45) is 1.60. The molecule has 2 heterocycles. The van der Waals surface area contributed by atoms with Gasteiger partial charge in [0.25, 0.3) is 0 Å². The van der Waals surface area contributed by atoms with Gasteiger partial charge in [-0.05, 0) is 60.7 Å². The number of furan rings is 1. The number of hydrogen-bond acceptors (Lipinski definition) is 6. The van der Waals surface area contributed by atoms with E-state index in [0.29, 0.717) is 22.5 Å². The van der Waals surface area contributed by atoms with Crippen molar-refractivity contribution in [2.24, 2.45) is 0 Å². The molecule has 0 atom stereocenters. The molecule has 4 aromatic rings. The molecule has 0 aliphatic carbocycles. The van der Waals surface area contributed by atoms with Gasteiger partial charge in [0.2, 0.25) is 5.91 Å². The van der Waals surface area contributed by atoms with Crippen molar-refractivity contribution in [3.8, 4) is 22.8 Å². The Balaban J connectivity index is 1.59. The zero-order chi connectivity index (χ0) is 22.5. The van der Waals surface area contributed by atoms with Crippen LogP contribution in [0.15, 0.2) is 76.5 Å². The van der Waals surface area contributed by atoms with Crippen molar-refractivity contribution in [1.82, 2.24) is 19.7 Å². The molecule has 2 aromatic heterocycles. The molecule has 32 heavy (non-hydrogen) atoms. The molecule has 0 fully saturated rings. The van der Waals surface area contributed by atoms with Gasteiger partial charge in [-0.1, -0.05) is 23.4 Å². The van der Waals surface area contributed by atoms with Gasteiger partial charge in [0.15, 0.2) is 11.0 Å². The first-order chi connectivity index (χ1) is 15.5. The van der Waals surface area contributed by atoms with Crippen molar-refractivity contribution in [1.29, 1.82) is 0 Å². The Kier molecular flexibility index (Phi) is 6.82. The van der Waals surface area contributed by atoms with Crippen molar-refractivity contribution < 1.29 is 13.9 Å². The Labute approximate surface area is 195 Å². The predicted molar refractivity (Wildman–Crippen MR) is 124 cm³/mol. The zero-order valence-corrected chi connectivity index (χ0v) is 19.1. The summed E-state index contributed by atoms with van der Waals surface area (Å²) in [6, 6.07) is 18.6. The Morgan fingerprint density at radius 1 is 1.12 bits per heavy atom. The Morgan fingerprint density at radius 2 is 1.88 bits per heavy atom. The van der Waals surface area contributed by atoms with Gasteiger partial charge in [-0.3, -0.25) is 9.36 Å². The second-order valence-corrected chi connectivity index (χ2v) is 8.34. The molecule has 0 aliphatic rings. The summed E-state index contributed by atoms with van der Waals surface area (Å²) in [6.45, 7) is 0.410. The number of carbonyl (C=O) groups excluding carboxylic acids is 1. The van der Waals surface area contributed by atoms with E-state index in [1.54, 1.807) is 31.4 Å². The molecule has 0 saturated heterocycles. The van der Waals surface area contributed by atoms with E-state index in [-0.39, 0.29) is 11.7 Å². The number of halogens is 1. The number of aromatic nitrogens is 3. The molecule has 164 valence electrons. The number of amides is 1. The summed E-state index contributed by atoms with van der Waals surface area (Å²) >= 11 is 7.38. The van der Waals surface area contributed by atoms with Gasteiger partial charge in [0.1, 0.15) is 11.5 Å². The Morgan fingerprint density at radius 3 is 2.53 bits per heavy atom. The van der Waals surface area contributed by atoms with E-state index in [2.05, 4.69) is 10.2 Å². The molecule has 0 aliphatic heterocycles. The monoisotopic (exact) mass is 468 g/mol. The standard InChI is InChI=1S/C23H21ClN4O3S/c1-27(14-20-4-3-13-31-20)21(29)15-32-23-26-25-22(16-5-7-17(24)8-6-16)28(23)18-9-11-19(30-2)12-10-18/h3-13H,14-15H2,1-2H3. The number of rotatable bonds is 8. The average molecular weight is 469 g/mol. The molecule has 4 rings (SSSR count). The summed E-state index contributed by atoms with van der Waals surface area (Å²) in [4.78, 5) is 14.3. The van der Waals surface area contributed by atoms with Crippen LogP contribution in [-0.4, -0.2) is 45.5 Å². The molecule has 9 heteroatoms. The lowest BCUT2D eigenvalue weighted by molar-refractivity contribution is -0.127. The highest BCUT2D eigenvalue weighted by atomic mass is 35.5. The van der Waals surface area contributed by atoms with E-state index in [1.807, 2.05) is 59.2 Å². The second-order valence-electron chi connectivity index (χ2n) is 6.96. The molecule has 2 aromatic carbocycles. The second kappa shape index (κ2) is 9.93. The lowest BCUT2D eigenvalue weighted by atomic mass is 10.2. The van der Waals surface area contributed by atoms with Gasteiger partial charge in [-0.25, -0.2) is 0 Å². The number of ether oxygens (including phenoxy) is 1. The summed E-state index contributed by atoms with van der Waals surface area (Å²) < 4.78 is 12.5. The van der Waals surface area contributed by atoms with Crippen LogP contribution in [0.1, 0.15) is 5.76 Å². The quantitative estimate of drug-likeness (QED) is 0.341. The van der Waals surface area contributed by atoms with Gasteiger partial charge in [-0.15, -0.1) is 10.2 Å². The minimum Gasteiger partial charge on any atom is -0.497 e. The van der Waals surface area contributed by atoms with Crippen LogP contribution in [0, 0.1) is 0 Å². The average Bonchev–Trinajstić information content (AvgIpc) is 3.48. The van der Waals surface area contributed by atoms with Crippen LogP contribution in [0.5, 0.6) is 5.75 Å². The van der Waals surface area contributed by atoms with Crippen molar-refractivity contribution in [2.75, 3.05) is 19.9 Å². The van der Waals surface area contributed by atoms with Crippen LogP contribution in [0.2, 0.25) is 5.02 Å². The lowest BCUT2D eigenvalue weighted by Crippen LogP contribution is -2.27. The highest BCUT2D eigenvalue weighted by molar-refractivity contribution is 7.99. The first kappa shape index (κ1) is 22.0. The Bertz CT molecular complexity index is 1180. The molecule has 0 unspecified atom stereocenters. The molecular formula is C23H21ClN4O3S. The first-order valence-corrected chi connectivity index (χ1v) is 11.2. The molecular weight excluding hydrogens is 448 g/mol. The van der Waals surface area contributed by atoms with E-state index >= 15 is 0 Å². The third-order valence-electron chi connectivity index (χ3n) is 4.79. The normalized spacial score (nSPS) is 10.8. The fraction of sp³-hybridized carbons (Fsp3) is 0.174. The maximum atomic E-state index is 12.7. The highest BCUT2D eigenvalue weighted by Gasteiger charge is 2.19. The van der Waals surface area contributed by atoms with Crippen molar-refractivity contribution in [3.05, 3.63) is 77.7 Å². The summed E-state index contributed by atoms with van der Waals surface area (Å²) in [5.41, 5.74) is 1.73. The molecule has 0 bridgehead atoms. The molecule has 0 saturated carbocycles. The summed E-state index contributed by atoms with van der Waals surface area (Å²) in [7, 11) is 3.37. The molecule has 0 spiro atoms. The third kappa shape index (κ3) is 4.98. The zero-order valence-electron chi connectivity index (χ0n) is 17.6. The minimum absolute atomic E-state index is 0.0382. The summed E-state index contributed by atoms with van der Waals surface area (Å²) in [5.74, 6) is 2.32. The predicted octanol–water partition coefficient (Wildman–Crippen LogP) is 4.94. The largest absolute Gasteiger partial charge is 0.497 e. The van der Waals surface area contributed by atoms with Gasteiger partial charge in [0, 0.05) is 23.3 Å². The van der Waals surface area contributed by atoms with Gasteiger partial charge >= 0.3 is 0 Å². The number of carbonyl (C=O) groups is 1.